The number of nitrogens with zero attached hydrogens (tertiary/aromatic N) is 1. The van der Waals surface area contributed by atoms with Crippen LogP contribution in [0.4, 0.5) is 0 Å². The third-order valence-corrected chi connectivity index (χ3v) is 6.93. The lowest BCUT2D eigenvalue weighted by Crippen LogP contribution is -2.38. The van der Waals surface area contributed by atoms with Crippen LogP contribution in [-0.4, -0.2) is 36.4 Å². The lowest BCUT2D eigenvalue weighted by molar-refractivity contribution is -0.145. The summed E-state index contributed by atoms with van der Waals surface area (Å²) in [6.45, 7) is 3.57. The summed E-state index contributed by atoms with van der Waals surface area (Å²) in [6.07, 6.45) is 3.26. The highest BCUT2D eigenvalue weighted by Crippen LogP contribution is 2.51. The zero-order valence-electron chi connectivity index (χ0n) is 13.4. The van der Waals surface area contributed by atoms with Crippen LogP contribution >= 0.6 is 7.59 Å². The molecule has 0 amide bonds. The fraction of sp³-hybridized carbons (Fsp3) is 0.562. The molecule has 6 nitrogen and oxygen atoms in total. The van der Waals surface area contributed by atoms with Gasteiger partial charge in [-0.2, -0.15) is 0 Å². The molecule has 126 valence electrons. The normalized spacial score (nSPS) is 29.0. The predicted molar refractivity (Wildman–Crippen MR) is 88.9 cm³/mol. The van der Waals surface area contributed by atoms with E-state index >= 15 is 0 Å². The Morgan fingerprint density at radius 2 is 2.22 bits per heavy atom. The van der Waals surface area contributed by atoms with Crippen LogP contribution in [0, 0.1) is 0 Å². The maximum Gasteiger partial charge on any atom is 0.328 e. The van der Waals surface area contributed by atoms with Crippen molar-refractivity contribution in [2.24, 2.45) is 0 Å². The van der Waals surface area contributed by atoms with Gasteiger partial charge in [-0.25, -0.2) is 19.6 Å². The van der Waals surface area contributed by atoms with Gasteiger partial charge in [0, 0.05) is 19.1 Å². The van der Waals surface area contributed by atoms with Crippen LogP contribution in [-0.2, 0) is 14.1 Å². The average molecular weight is 337 g/mol. The predicted octanol–water partition coefficient (Wildman–Crippen LogP) is 2.45. The minimum absolute atomic E-state index is 0.292. The number of rotatable bonds is 5. The fourth-order valence-corrected chi connectivity index (χ4v) is 5.88. The molecule has 3 rings (SSSR count). The molecule has 3 atom stereocenters. The van der Waals surface area contributed by atoms with Crippen molar-refractivity contribution in [3.05, 3.63) is 35.9 Å². The zero-order valence-corrected chi connectivity index (χ0v) is 14.3. The molecular weight excluding hydrogens is 313 g/mol. The van der Waals surface area contributed by atoms with E-state index in [2.05, 4.69) is 10.2 Å². The van der Waals surface area contributed by atoms with Crippen LogP contribution in [0.3, 0.4) is 0 Å². The van der Waals surface area contributed by atoms with Crippen LogP contribution in [0.15, 0.2) is 30.3 Å². The smallest absolute Gasteiger partial charge is 0.328 e. The SMILES string of the molecule is CCOC(=O)C(NP1(=O)NCC2CCCCN21)c1ccccc1. The molecule has 1 aromatic carbocycles. The van der Waals surface area contributed by atoms with Crippen molar-refractivity contribution in [2.75, 3.05) is 19.7 Å². The highest BCUT2D eigenvalue weighted by Gasteiger charge is 2.45. The van der Waals surface area contributed by atoms with E-state index in [1.54, 1.807) is 6.92 Å². The number of hydrogen-bond donors (Lipinski definition) is 2. The van der Waals surface area contributed by atoms with Crippen LogP contribution in [0.2, 0.25) is 0 Å². The third-order valence-electron chi connectivity index (χ3n) is 4.46. The maximum absolute atomic E-state index is 13.4. The molecule has 0 aliphatic carbocycles. The van der Waals surface area contributed by atoms with E-state index in [1.165, 1.54) is 6.42 Å². The lowest BCUT2D eigenvalue weighted by Gasteiger charge is -2.34. The number of carbonyl (C=O) groups is 1. The number of piperidine rings is 1. The quantitative estimate of drug-likeness (QED) is 0.635. The van der Waals surface area contributed by atoms with E-state index in [0.717, 1.165) is 24.9 Å². The minimum Gasteiger partial charge on any atom is -0.465 e. The van der Waals surface area contributed by atoms with Crippen molar-refractivity contribution in [3.8, 4) is 0 Å². The highest BCUT2D eigenvalue weighted by atomic mass is 31.2. The molecular formula is C16H24N3O3P. The van der Waals surface area contributed by atoms with Crippen molar-refractivity contribution >= 4 is 13.6 Å². The van der Waals surface area contributed by atoms with Crippen LogP contribution in [0.5, 0.6) is 0 Å². The Hall–Kier alpha value is -1.20. The molecule has 0 saturated carbocycles. The second-order valence-corrected chi connectivity index (χ2v) is 8.22. The van der Waals surface area contributed by atoms with Gasteiger partial charge in [-0.3, -0.25) is 4.57 Å². The summed E-state index contributed by atoms with van der Waals surface area (Å²) < 4.78 is 20.6. The van der Waals surface area contributed by atoms with Gasteiger partial charge in [0.05, 0.1) is 6.61 Å². The number of ether oxygens (including phenoxy) is 1. The molecule has 23 heavy (non-hydrogen) atoms. The minimum atomic E-state index is -2.97. The molecule has 0 aromatic heterocycles. The molecule has 0 radical (unpaired) electrons. The standard InChI is InChI=1S/C16H24N3O3P/c1-2-22-16(20)15(13-8-4-3-5-9-13)18-23(21)17-12-14-10-6-7-11-19(14)23/h3-5,8-9,14-15H,2,6-7,10-12H2,1H3,(H2,17,18,21). The number of nitrogens with one attached hydrogen (secondary N) is 2. The molecule has 0 spiro atoms. The molecule has 2 aliphatic heterocycles. The Morgan fingerprint density at radius 3 is 2.96 bits per heavy atom. The van der Waals surface area contributed by atoms with Gasteiger partial charge in [0.2, 0.25) is 0 Å². The Labute approximate surface area is 137 Å². The van der Waals surface area contributed by atoms with Crippen LogP contribution in [0.25, 0.3) is 0 Å². The fourth-order valence-electron chi connectivity index (χ4n) is 3.31. The first kappa shape index (κ1) is 16.7. The molecule has 2 heterocycles. The van der Waals surface area contributed by atoms with Gasteiger partial charge in [-0.1, -0.05) is 36.8 Å². The first-order valence-electron chi connectivity index (χ1n) is 8.26. The molecule has 3 unspecified atom stereocenters. The molecule has 2 saturated heterocycles. The number of carbonyl (C=O) groups excluding carboxylic acids is 1. The Bertz CT molecular complexity index is 595. The van der Waals surface area contributed by atoms with E-state index in [9.17, 15) is 9.36 Å². The summed E-state index contributed by atoms with van der Waals surface area (Å²) in [5.41, 5.74) is 0.767. The van der Waals surface area contributed by atoms with Crippen LogP contribution < -0.4 is 10.2 Å². The summed E-state index contributed by atoms with van der Waals surface area (Å²) in [5.74, 6) is -0.392. The summed E-state index contributed by atoms with van der Waals surface area (Å²) in [5, 5.41) is 6.22. The van der Waals surface area contributed by atoms with E-state index in [4.69, 9.17) is 4.74 Å². The van der Waals surface area contributed by atoms with Crippen molar-refractivity contribution < 1.29 is 14.1 Å². The largest absolute Gasteiger partial charge is 0.465 e. The van der Waals surface area contributed by atoms with E-state index in [1.807, 2.05) is 35.0 Å². The second-order valence-electron chi connectivity index (χ2n) is 5.98. The summed E-state index contributed by atoms with van der Waals surface area (Å²) in [6, 6.07) is 8.89. The van der Waals surface area contributed by atoms with E-state index in [-0.39, 0.29) is 0 Å². The molecule has 2 N–H and O–H groups in total. The Balaban J connectivity index is 1.83. The first-order chi connectivity index (χ1) is 11.1. The van der Waals surface area contributed by atoms with Gasteiger partial charge in [0.1, 0.15) is 6.04 Å². The van der Waals surface area contributed by atoms with Crippen molar-refractivity contribution in [1.82, 2.24) is 14.8 Å². The molecule has 2 aliphatic rings. The van der Waals surface area contributed by atoms with Crippen molar-refractivity contribution in [3.63, 3.8) is 0 Å². The van der Waals surface area contributed by atoms with Gasteiger partial charge in [-0.05, 0) is 25.3 Å². The van der Waals surface area contributed by atoms with Crippen LogP contribution in [0.1, 0.15) is 37.8 Å². The summed E-state index contributed by atoms with van der Waals surface area (Å²) in [4.78, 5) is 12.4. The molecule has 1 aromatic rings. The molecule has 0 bridgehead atoms. The van der Waals surface area contributed by atoms with Gasteiger partial charge < -0.3 is 4.74 Å². The van der Waals surface area contributed by atoms with Gasteiger partial charge in [0.15, 0.2) is 0 Å². The first-order valence-corrected chi connectivity index (χ1v) is 9.91. The zero-order chi connectivity index (χ0) is 16.3. The Morgan fingerprint density at radius 1 is 1.43 bits per heavy atom. The number of fused-ring (bicyclic) bond motifs is 1. The lowest BCUT2D eigenvalue weighted by atomic mass is 10.1. The Kier molecular flexibility index (Phi) is 5.17. The van der Waals surface area contributed by atoms with E-state index in [0.29, 0.717) is 19.2 Å². The van der Waals surface area contributed by atoms with E-state index < -0.39 is 19.6 Å². The number of esters is 1. The topological polar surface area (TPSA) is 70.7 Å². The third kappa shape index (κ3) is 3.50. The molecule has 7 heteroatoms. The summed E-state index contributed by atoms with van der Waals surface area (Å²) in [7, 11) is -2.97. The maximum atomic E-state index is 13.4. The second kappa shape index (κ2) is 7.14. The van der Waals surface area contributed by atoms with Crippen molar-refractivity contribution in [1.29, 1.82) is 0 Å². The number of benzene rings is 1. The van der Waals surface area contributed by atoms with Gasteiger partial charge >= 0.3 is 5.97 Å². The number of hydrogen-bond acceptors (Lipinski definition) is 3. The van der Waals surface area contributed by atoms with Gasteiger partial charge in [0.25, 0.3) is 7.59 Å². The summed E-state index contributed by atoms with van der Waals surface area (Å²) >= 11 is 0. The van der Waals surface area contributed by atoms with Gasteiger partial charge in [-0.15, -0.1) is 0 Å². The average Bonchev–Trinajstić information content (AvgIpc) is 2.92. The van der Waals surface area contributed by atoms with Crippen molar-refractivity contribution in [2.45, 2.75) is 38.3 Å². The highest BCUT2D eigenvalue weighted by molar-refractivity contribution is 7.57. The monoisotopic (exact) mass is 337 g/mol. The molecule has 2 fully saturated rings.